The molecule has 0 aromatic carbocycles. The molecular formula is C30H56N6O12. The van der Waals surface area contributed by atoms with Crippen molar-refractivity contribution in [3.63, 3.8) is 0 Å². The molecule has 278 valence electrons. The lowest BCUT2D eigenvalue weighted by Crippen LogP contribution is -2.50. The lowest BCUT2D eigenvalue weighted by atomic mass is 10.3. The molecule has 0 spiro atoms. The van der Waals surface area contributed by atoms with E-state index in [2.05, 4.69) is 12.2 Å². The third kappa shape index (κ3) is 24.2. The first-order valence-corrected chi connectivity index (χ1v) is 16.5. The van der Waals surface area contributed by atoms with Crippen molar-refractivity contribution in [2.45, 2.75) is 19.8 Å². The molecule has 0 aromatic heterocycles. The number of carboxylic acid groups (broad SMARTS) is 4. The number of nitrogens with zero attached hydrogens (tertiary/aromatic N) is 5. The van der Waals surface area contributed by atoms with E-state index in [9.17, 15) is 39.3 Å². The highest BCUT2D eigenvalue weighted by Gasteiger charge is 2.21. The van der Waals surface area contributed by atoms with Gasteiger partial charge in [-0.3, -0.25) is 48.5 Å². The molecule has 1 heterocycles. The van der Waals surface area contributed by atoms with Crippen molar-refractivity contribution in [2.24, 2.45) is 0 Å². The molecule has 1 fully saturated rings. The van der Waals surface area contributed by atoms with E-state index in [1.165, 1.54) is 0 Å². The number of unbranched alkanes of at least 4 members (excludes halogenated alkanes) is 1. The first-order valence-electron chi connectivity index (χ1n) is 16.5. The Morgan fingerprint density at radius 3 is 1.35 bits per heavy atom. The summed E-state index contributed by atoms with van der Waals surface area (Å²) < 4.78 is 16.5. The third-order valence-electron chi connectivity index (χ3n) is 7.42. The average Bonchev–Trinajstić information content (AvgIpc) is 3.00. The zero-order chi connectivity index (χ0) is 35.6. The van der Waals surface area contributed by atoms with Crippen LogP contribution in [-0.4, -0.2) is 219 Å². The van der Waals surface area contributed by atoms with Crippen molar-refractivity contribution in [1.82, 2.24) is 29.8 Å². The molecule has 48 heavy (non-hydrogen) atoms. The van der Waals surface area contributed by atoms with Gasteiger partial charge in [-0.25, -0.2) is 0 Å². The molecule has 0 radical (unpaired) electrons. The van der Waals surface area contributed by atoms with E-state index in [4.69, 9.17) is 19.3 Å². The van der Waals surface area contributed by atoms with Crippen LogP contribution in [0.3, 0.4) is 0 Å². The van der Waals surface area contributed by atoms with E-state index < -0.39 is 23.9 Å². The third-order valence-corrected chi connectivity index (χ3v) is 7.42. The number of amides is 1. The van der Waals surface area contributed by atoms with Crippen LogP contribution < -0.4 is 5.32 Å². The molecule has 0 aliphatic carbocycles. The molecule has 0 unspecified atom stereocenters. The summed E-state index contributed by atoms with van der Waals surface area (Å²) in [6.45, 7) is 7.62. The Hall–Kier alpha value is -2.97. The summed E-state index contributed by atoms with van der Waals surface area (Å²) in [6, 6.07) is 0. The van der Waals surface area contributed by atoms with Gasteiger partial charge in [0.2, 0.25) is 5.91 Å². The molecule has 5 N–H and O–H groups in total. The van der Waals surface area contributed by atoms with E-state index in [-0.39, 0.29) is 51.8 Å². The van der Waals surface area contributed by atoms with E-state index in [1.54, 1.807) is 14.7 Å². The normalized spacial score (nSPS) is 16.3. The number of nitrogens with one attached hydrogen (secondary N) is 1. The quantitative estimate of drug-likeness (QED) is 0.0642. The maximum atomic E-state index is 12.7. The number of ether oxygens (including phenoxy) is 3. The summed E-state index contributed by atoms with van der Waals surface area (Å²) in [5.74, 6) is -4.15. The second-order valence-electron chi connectivity index (χ2n) is 11.5. The second kappa shape index (κ2) is 26.9. The zero-order valence-corrected chi connectivity index (χ0v) is 28.3. The molecule has 0 saturated carbocycles. The van der Waals surface area contributed by atoms with Crippen LogP contribution in [0.15, 0.2) is 0 Å². The predicted octanol–water partition coefficient (Wildman–Crippen LogP) is -2.19. The Kier molecular flexibility index (Phi) is 24.1. The van der Waals surface area contributed by atoms with Gasteiger partial charge in [0.1, 0.15) is 0 Å². The van der Waals surface area contributed by atoms with Crippen molar-refractivity contribution < 1.29 is 58.6 Å². The highest BCUT2D eigenvalue weighted by Crippen LogP contribution is 2.02. The van der Waals surface area contributed by atoms with Crippen molar-refractivity contribution in [2.75, 3.05) is 144 Å². The SMILES string of the molecule is CCCCN(CCOCCOCCOCCNC(=O)CN1CCN(CC(=O)O)CCN(CC(=O)O)CCN(CC(=O)O)CC1)CC(=O)O. The minimum Gasteiger partial charge on any atom is -0.480 e. The molecule has 18 heteroatoms. The Morgan fingerprint density at radius 1 is 0.562 bits per heavy atom. The van der Waals surface area contributed by atoms with Crippen LogP contribution in [0.4, 0.5) is 0 Å². The van der Waals surface area contributed by atoms with Crippen LogP contribution >= 0.6 is 0 Å². The Bertz CT molecular complexity index is 914. The highest BCUT2D eigenvalue weighted by molar-refractivity contribution is 5.78. The van der Waals surface area contributed by atoms with Crippen LogP contribution in [0, 0.1) is 0 Å². The minimum atomic E-state index is -1.02. The van der Waals surface area contributed by atoms with Crippen LogP contribution in [-0.2, 0) is 38.2 Å². The largest absolute Gasteiger partial charge is 0.480 e. The zero-order valence-electron chi connectivity index (χ0n) is 28.3. The van der Waals surface area contributed by atoms with Gasteiger partial charge < -0.3 is 40.0 Å². The molecule has 1 aliphatic rings. The van der Waals surface area contributed by atoms with Gasteiger partial charge in [-0.15, -0.1) is 0 Å². The fourth-order valence-corrected chi connectivity index (χ4v) is 4.88. The number of aliphatic carboxylic acids is 4. The average molecular weight is 693 g/mol. The molecular weight excluding hydrogens is 636 g/mol. The first kappa shape index (κ1) is 43.1. The second-order valence-corrected chi connectivity index (χ2v) is 11.5. The van der Waals surface area contributed by atoms with Crippen LogP contribution in [0.1, 0.15) is 19.8 Å². The number of carbonyl (C=O) groups excluding carboxylic acids is 1. The molecule has 1 aliphatic heterocycles. The van der Waals surface area contributed by atoms with Gasteiger partial charge in [0, 0.05) is 65.4 Å². The standard InChI is InChI=1S/C30H56N6O12/c1-2-3-5-32(22-27(38)39)14-16-47-18-20-48-19-17-46-15-4-31-26(37)21-33-6-8-34(23-28(40)41)10-12-36(25-30(44)45)13-11-35(9-7-33)24-29(42)43/h2-25H2,1H3,(H,31,37)(H,38,39)(H,40,41)(H,42,43)(H,44,45). The number of carbonyl (C=O) groups is 5. The predicted molar refractivity (Wildman–Crippen MR) is 173 cm³/mol. The number of rotatable bonds is 25. The fourth-order valence-electron chi connectivity index (χ4n) is 4.88. The smallest absolute Gasteiger partial charge is 0.317 e. The van der Waals surface area contributed by atoms with E-state index >= 15 is 0 Å². The lowest BCUT2D eigenvalue weighted by molar-refractivity contribution is -0.140. The lowest BCUT2D eigenvalue weighted by Gasteiger charge is -2.32. The van der Waals surface area contributed by atoms with Crippen LogP contribution in [0.25, 0.3) is 0 Å². The number of hydrogen-bond acceptors (Lipinski definition) is 13. The Morgan fingerprint density at radius 2 is 0.958 bits per heavy atom. The molecule has 0 atom stereocenters. The summed E-state index contributed by atoms with van der Waals surface area (Å²) in [6.07, 6.45) is 1.92. The Balaban J connectivity index is 2.40. The molecule has 1 saturated heterocycles. The number of hydrogen-bond donors (Lipinski definition) is 5. The van der Waals surface area contributed by atoms with Crippen LogP contribution in [0.2, 0.25) is 0 Å². The van der Waals surface area contributed by atoms with Crippen LogP contribution in [0.5, 0.6) is 0 Å². The van der Waals surface area contributed by atoms with E-state index in [0.717, 1.165) is 19.4 Å². The summed E-state index contributed by atoms with van der Waals surface area (Å²) >= 11 is 0. The number of carboxylic acids is 4. The summed E-state index contributed by atoms with van der Waals surface area (Å²) in [5, 5.41) is 39.8. The monoisotopic (exact) mass is 692 g/mol. The maximum Gasteiger partial charge on any atom is 0.317 e. The van der Waals surface area contributed by atoms with Crippen molar-refractivity contribution in [3.05, 3.63) is 0 Å². The van der Waals surface area contributed by atoms with Gasteiger partial charge in [0.25, 0.3) is 0 Å². The van der Waals surface area contributed by atoms with Gasteiger partial charge >= 0.3 is 23.9 Å². The summed E-state index contributed by atoms with van der Waals surface area (Å²) in [7, 11) is 0. The van der Waals surface area contributed by atoms with Crippen molar-refractivity contribution in [3.8, 4) is 0 Å². The summed E-state index contributed by atoms with van der Waals surface area (Å²) in [5.41, 5.74) is 0. The molecule has 1 amide bonds. The summed E-state index contributed by atoms with van der Waals surface area (Å²) in [4.78, 5) is 66.6. The molecule has 0 aromatic rings. The van der Waals surface area contributed by atoms with Gasteiger partial charge in [-0.2, -0.15) is 0 Å². The Labute approximate surface area is 282 Å². The van der Waals surface area contributed by atoms with Gasteiger partial charge in [0.15, 0.2) is 0 Å². The van der Waals surface area contributed by atoms with Crippen molar-refractivity contribution in [1.29, 1.82) is 0 Å². The molecule has 1 rings (SSSR count). The van der Waals surface area contributed by atoms with E-state index in [1.807, 2.05) is 9.80 Å². The van der Waals surface area contributed by atoms with Crippen molar-refractivity contribution >= 4 is 29.8 Å². The van der Waals surface area contributed by atoms with Gasteiger partial charge in [0.05, 0.1) is 72.4 Å². The molecule has 0 bridgehead atoms. The maximum absolute atomic E-state index is 12.7. The first-order chi connectivity index (χ1) is 23.0. The van der Waals surface area contributed by atoms with Gasteiger partial charge in [-0.05, 0) is 13.0 Å². The fraction of sp³-hybridized carbons (Fsp3) is 0.833. The van der Waals surface area contributed by atoms with E-state index in [0.29, 0.717) is 91.9 Å². The minimum absolute atomic E-state index is 0.00550. The molecule has 18 nitrogen and oxygen atoms in total. The highest BCUT2D eigenvalue weighted by atomic mass is 16.5. The van der Waals surface area contributed by atoms with Gasteiger partial charge in [-0.1, -0.05) is 13.3 Å². The topological polar surface area (TPSA) is 222 Å².